The molecule has 0 amide bonds. The fourth-order valence-electron chi connectivity index (χ4n) is 2.77. The standard InChI is InChI=1S/C16H17FN2O4S2/c1-24(20,21)19-9-8-13-4-7-15(10-16(13)19)18-25(22,23)11-12-2-5-14(17)6-3-12/h2-7,10,18H,8-9,11H2,1H3. The van der Waals surface area contributed by atoms with Crippen molar-refractivity contribution in [2.24, 2.45) is 0 Å². The topological polar surface area (TPSA) is 83.6 Å². The molecule has 25 heavy (non-hydrogen) atoms. The Hall–Kier alpha value is -2.13. The predicted molar refractivity (Wildman–Crippen MR) is 95.0 cm³/mol. The molecule has 2 aromatic carbocycles. The van der Waals surface area contributed by atoms with E-state index in [1.807, 2.05) is 0 Å². The number of fused-ring (bicyclic) bond motifs is 1. The minimum atomic E-state index is -3.71. The summed E-state index contributed by atoms with van der Waals surface area (Å²) in [5, 5.41) is 0. The molecule has 0 atom stereocenters. The van der Waals surface area contributed by atoms with Gasteiger partial charge in [0.05, 0.1) is 23.4 Å². The van der Waals surface area contributed by atoms with Gasteiger partial charge in [0.15, 0.2) is 0 Å². The van der Waals surface area contributed by atoms with Crippen molar-refractivity contribution in [2.75, 3.05) is 21.8 Å². The Bertz CT molecular complexity index is 1000. The Labute approximate surface area is 146 Å². The van der Waals surface area contributed by atoms with Crippen LogP contribution in [0.25, 0.3) is 0 Å². The van der Waals surface area contributed by atoms with Crippen molar-refractivity contribution in [2.45, 2.75) is 12.2 Å². The molecule has 1 N–H and O–H groups in total. The van der Waals surface area contributed by atoms with Gasteiger partial charge in [-0.05, 0) is 41.8 Å². The largest absolute Gasteiger partial charge is 0.283 e. The highest BCUT2D eigenvalue weighted by atomic mass is 32.2. The van der Waals surface area contributed by atoms with Gasteiger partial charge in [0.25, 0.3) is 0 Å². The molecule has 0 fully saturated rings. The number of anilines is 2. The quantitative estimate of drug-likeness (QED) is 0.856. The first kappa shape index (κ1) is 17.7. The summed E-state index contributed by atoms with van der Waals surface area (Å²) in [5.74, 6) is -0.742. The minimum absolute atomic E-state index is 0.288. The molecular weight excluding hydrogens is 367 g/mol. The van der Waals surface area contributed by atoms with E-state index >= 15 is 0 Å². The molecule has 1 heterocycles. The van der Waals surface area contributed by atoms with Gasteiger partial charge in [-0.1, -0.05) is 18.2 Å². The Morgan fingerprint density at radius 3 is 2.40 bits per heavy atom. The van der Waals surface area contributed by atoms with Crippen LogP contribution in [0.2, 0.25) is 0 Å². The van der Waals surface area contributed by atoms with Crippen molar-refractivity contribution in [3.05, 3.63) is 59.4 Å². The van der Waals surface area contributed by atoms with Crippen LogP contribution in [0, 0.1) is 5.82 Å². The van der Waals surface area contributed by atoms with Crippen LogP contribution in [0.15, 0.2) is 42.5 Å². The van der Waals surface area contributed by atoms with E-state index in [0.29, 0.717) is 24.2 Å². The van der Waals surface area contributed by atoms with E-state index in [-0.39, 0.29) is 11.4 Å². The second kappa shape index (κ2) is 6.30. The van der Waals surface area contributed by atoms with Crippen molar-refractivity contribution in [3.63, 3.8) is 0 Å². The van der Waals surface area contributed by atoms with Crippen molar-refractivity contribution in [1.29, 1.82) is 0 Å². The van der Waals surface area contributed by atoms with E-state index < -0.39 is 25.9 Å². The maximum Gasteiger partial charge on any atom is 0.236 e. The first-order valence-electron chi connectivity index (χ1n) is 7.50. The maximum atomic E-state index is 12.9. The fraction of sp³-hybridized carbons (Fsp3) is 0.250. The molecule has 0 saturated carbocycles. The molecule has 134 valence electrons. The average Bonchev–Trinajstić information content (AvgIpc) is 2.92. The van der Waals surface area contributed by atoms with Crippen LogP contribution in [0.5, 0.6) is 0 Å². The van der Waals surface area contributed by atoms with Crippen LogP contribution in [-0.4, -0.2) is 29.6 Å². The molecule has 0 radical (unpaired) electrons. The molecule has 0 saturated heterocycles. The van der Waals surface area contributed by atoms with Gasteiger partial charge in [0.1, 0.15) is 5.82 Å². The molecule has 6 nitrogen and oxygen atoms in total. The lowest BCUT2D eigenvalue weighted by molar-refractivity contribution is 0.597. The Morgan fingerprint density at radius 2 is 1.76 bits per heavy atom. The van der Waals surface area contributed by atoms with Crippen LogP contribution in [-0.2, 0) is 32.2 Å². The number of halogens is 1. The Kier molecular flexibility index (Phi) is 4.46. The van der Waals surface area contributed by atoms with E-state index in [9.17, 15) is 21.2 Å². The molecule has 9 heteroatoms. The van der Waals surface area contributed by atoms with E-state index in [1.54, 1.807) is 12.1 Å². The van der Waals surface area contributed by atoms with Crippen LogP contribution in [0.3, 0.4) is 0 Å². The molecule has 1 aliphatic rings. The van der Waals surface area contributed by atoms with E-state index in [1.165, 1.54) is 34.6 Å². The molecule has 0 bridgehead atoms. The summed E-state index contributed by atoms with van der Waals surface area (Å²) in [6, 6.07) is 10.1. The molecular formula is C16H17FN2O4S2. The summed E-state index contributed by atoms with van der Waals surface area (Å²) in [7, 11) is -7.12. The minimum Gasteiger partial charge on any atom is -0.283 e. The van der Waals surface area contributed by atoms with Crippen LogP contribution in [0.4, 0.5) is 15.8 Å². The van der Waals surface area contributed by atoms with Gasteiger partial charge in [0.2, 0.25) is 20.0 Å². The zero-order valence-corrected chi connectivity index (χ0v) is 15.1. The van der Waals surface area contributed by atoms with Gasteiger partial charge < -0.3 is 0 Å². The summed E-state index contributed by atoms with van der Waals surface area (Å²) in [6.07, 6.45) is 1.71. The van der Waals surface area contributed by atoms with Crippen molar-refractivity contribution < 1.29 is 21.2 Å². The Balaban J connectivity index is 1.82. The molecule has 0 spiro atoms. The highest BCUT2D eigenvalue weighted by molar-refractivity contribution is 7.92. The molecule has 0 unspecified atom stereocenters. The number of nitrogens with zero attached hydrogens (tertiary/aromatic N) is 1. The van der Waals surface area contributed by atoms with Gasteiger partial charge in [0, 0.05) is 6.54 Å². The first-order valence-corrected chi connectivity index (χ1v) is 11.0. The first-order chi connectivity index (χ1) is 11.6. The number of benzene rings is 2. The van der Waals surface area contributed by atoms with Crippen molar-refractivity contribution in [1.82, 2.24) is 0 Å². The zero-order valence-electron chi connectivity index (χ0n) is 13.4. The zero-order chi connectivity index (χ0) is 18.2. The second-order valence-electron chi connectivity index (χ2n) is 5.92. The third kappa shape index (κ3) is 4.10. The molecule has 0 aliphatic carbocycles. The third-order valence-corrected chi connectivity index (χ3v) is 6.32. The summed E-state index contributed by atoms with van der Waals surface area (Å²) < 4.78 is 64.8. The van der Waals surface area contributed by atoms with Gasteiger partial charge in [-0.3, -0.25) is 9.03 Å². The molecule has 3 rings (SSSR count). The summed E-state index contributed by atoms with van der Waals surface area (Å²) in [6.45, 7) is 0.347. The molecule has 0 aromatic heterocycles. The van der Waals surface area contributed by atoms with Gasteiger partial charge in [-0.25, -0.2) is 21.2 Å². The van der Waals surface area contributed by atoms with Gasteiger partial charge >= 0.3 is 0 Å². The van der Waals surface area contributed by atoms with Crippen LogP contribution >= 0.6 is 0 Å². The highest BCUT2D eigenvalue weighted by Crippen LogP contribution is 2.32. The summed E-state index contributed by atoms with van der Waals surface area (Å²) in [5.41, 5.74) is 2.08. The van der Waals surface area contributed by atoms with Crippen LogP contribution in [0.1, 0.15) is 11.1 Å². The van der Waals surface area contributed by atoms with Gasteiger partial charge in [-0.2, -0.15) is 0 Å². The lowest BCUT2D eigenvalue weighted by Crippen LogP contribution is -2.27. The van der Waals surface area contributed by atoms with Crippen molar-refractivity contribution in [3.8, 4) is 0 Å². The van der Waals surface area contributed by atoms with E-state index in [4.69, 9.17) is 0 Å². The normalized spacial score (nSPS) is 14.4. The summed E-state index contributed by atoms with van der Waals surface area (Å²) in [4.78, 5) is 0. The number of rotatable bonds is 5. The number of sulfonamides is 2. The number of nitrogens with one attached hydrogen (secondary N) is 1. The monoisotopic (exact) mass is 384 g/mol. The SMILES string of the molecule is CS(=O)(=O)N1CCc2ccc(NS(=O)(=O)Cc3ccc(F)cc3)cc21. The number of hydrogen-bond acceptors (Lipinski definition) is 4. The predicted octanol–water partition coefficient (Wildman–Crippen LogP) is 2.09. The van der Waals surface area contributed by atoms with E-state index in [2.05, 4.69) is 4.72 Å². The van der Waals surface area contributed by atoms with Crippen molar-refractivity contribution >= 4 is 31.4 Å². The van der Waals surface area contributed by atoms with E-state index in [0.717, 1.165) is 11.8 Å². The number of hydrogen-bond donors (Lipinski definition) is 1. The maximum absolute atomic E-state index is 12.9. The lowest BCUT2D eigenvalue weighted by Gasteiger charge is -2.17. The third-order valence-electron chi connectivity index (χ3n) is 3.88. The summed E-state index contributed by atoms with van der Waals surface area (Å²) >= 11 is 0. The average molecular weight is 384 g/mol. The lowest BCUT2D eigenvalue weighted by atomic mass is 10.1. The fourth-order valence-corrected chi connectivity index (χ4v) is 4.91. The smallest absolute Gasteiger partial charge is 0.236 e. The van der Waals surface area contributed by atoms with Crippen LogP contribution < -0.4 is 9.03 Å². The second-order valence-corrected chi connectivity index (χ2v) is 9.55. The van der Waals surface area contributed by atoms with Gasteiger partial charge in [-0.15, -0.1) is 0 Å². The molecule has 2 aromatic rings. The Morgan fingerprint density at radius 1 is 1.08 bits per heavy atom. The molecule has 1 aliphatic heterocycles. The highest BCUT2D eigenvalue weighted by Gasteiger charge is 2.26.